The Labute approximate surface area is 87.0 Å². The number of hydrogen-bond acceptors (Lipinski definition) is 0. The zero-order chi connectivity index (χ0) is 10.2. The van der Waals surface area contributed by atoms with E-state index in [1.54, 1.807) is 0 Å². The molecule has 1 aromatic carbocycles. The van der Waals surface area contributed by atoms with E-state index in [1.165, 1.54) is 11.1 Å². The maximum absolute atomic E-state index is 2.24. The third kappa shape index (κ3) is 3.61. The summed E-state index contributed by atoms with van der Waals surface area (Å²) in [5.74, 6) is 0. The van der Waals surface area contributed by atoms with Crippen LogP contribution in [0.4, 0.5) is 0 Å². The van der Waals surface area contributed by atoms with Crippen LogP contribution in [0.3, 0.4) is 0 Å². The molecule has 0 spiro atoms. The molecule has 0 saturated heterocycles. The Morgan fingerprint density at radius 1 is 1.14 bits per heavy atom. The van der Waals surface area contributed by atoms with Gasteiger partial charge in [0.05, 0.1) is 0 Å². The van der Waals surface area contributed by atoms with Gasteiger partial charge in [0.15, 0.2) is 0 Å². The molecule has 0 radical (unpaired) electrons. The van der Waals surface area contributed by atoms with Gasteiger partial charge in [-0.2, -0.15) is 0 Å². The summed E-state index contributed by atoms with van der Waals surface area (Å²) in [5.41, 5.74) is 2.67. The maximum Gasteiger partial charge on any atom is -0.0254 e. The molecule has 14 heavy (non-hydrogen) atoms. The van der Waals surface area contributed by atoms with Crippen molar-refractivity contribution in [2.24, 2.45) is 0 Å². The lowest BCUT2D eigenvalue weighted by Crippen LogP contribution is -1.76. The minimum absolute atomic E-state index is 1.09. The molecule has 0 aliphatic heterocycles. The van der Waals surface area contributed by atoms with Crippen molar-refractivity contribution in [3.63, 3.8) is 0 Å². The molecule has 0 fully saturated rings. The van der Waals surface area contributed by atoms with Gasteiger partial charge in [-0.05, 0) is 24.0 Å². The van der Waals surface area contributed by atoms with E-state index in [0.29, 0.717) is 0 Å². The summed E-state index contributed by atoms with van der Waals surface area (Å²) in [4.78, 5) is 0. The van der Waals surface area contributed by atoms with Crippen molar-refractivity contribution < 1.29 is 0 Å². The molecule has 0 unspecified atom stereocenters. The lowest BCUT2D eigenvalue weighted by atomic mass is 10.1. The zero-order valence-electron chi connectivity index (χ0n) is 9.03. The molecule has 0 aliphatic carbocycles. The van der Waals surface area contributed by atoms with Crippen LogP contribution in [0.1, 0.15) is 32.3 Å². The van der Waals surface area contributed by atoms with Gasteiger partial charge in [-0.15, -0.1) is 0 Å². The summed E-state index contributed by atoms with van der Waals surface area (Å²) in [5, 5.41) is 0. The van der Waals surface area contributed by atoms with Crippen molar-refractivity contribution in [3.8, 4) is 0 Å². The van der Waals surface area contributed by atoms with E-state index < -0.39 is 0 Å². The van der Waals surface area contributed by atoms with Crippen molar-refractivity contribution in [1.82, 2.24) is 0 Å². The summed E-state index contributed by atoms with van der Waals surface area (Å²) in [7, 11) is 0. The summed E-state index contributed by atoms with van der Waals surface area (Å²) >= 11 is 0. The third-order valence-corrected chi connectivity index (χ3v) is 2.13. The number of rotatable bonds is 4. The van der Waals surface area contributed by atoms with Crippen LogP contribution in [0, 0.1) is 0 Å². The number of benzene rings is 1. The SMILES string of the molecule is CCC=CC(=Cc1ccccc1)CC. The van der Waals surface area contributed by atoms with Crippen molar-refractivity contribution >= 4 is 6.08 Å². The van der Waals surface area contributed by atoms with Crippen LogP contribution in [0.15, 0.2) is 48.1 Å². The molecule has 0 heteroatoms. The molecule has 0 aliphatic rings. The van der Waals surface area contributed by atoms with Crippen molar-refractivity contribution in [1.29, 1.82) is 0 Å². The van der Waals surface area contributed by atoms with Crippen LogP contribution < -0.4 is 0 Å². The highest BCUT2D eigenvalue weighted by atomic mass is 13.9. The molecular weight excluding hydrogens is 168 g/mol. The number of hydrogen-bond donors (Lipinski definition) is 0. The second-order valence-corrected chi connectivity index (χ2v) is 3.29. The fourth-order valence-electron chi connectivity index (χ4n) is 1.30. The molecule has 0 atom stereocenters. The lowest BCUT2D eigenvalue weighted by molar-refractivity contribution is 1.14. The molecule has 0 bridgehead atoms. The van der Waals surface area contributed by atoms with Crippen LogP contribution in [0.2, 0.25) is 0 Å². The quantitative estimate of drug-likeness (QED) is 0.609. The van der Waals surface area contributed by atoms with Gasteiger partial charge >= 0.3 is 0 Å². The van der Waals surface area contributed by atoms with Gasteiger partial charge in [0.2, 0.25) is 0 Å². The Kier molecular flexibility index (Phi) is 4.77. The summed E-state index contributed by atoms with van der Waals surface area (Å²) in [6.07, 6.45) is 8.86. The molecule has 0 saturated carbocycles. The smallest absolute Gasteiger partial charge is 0.0254 e. The van der Waals surface area contributed by atoms with Crippen LogP contribution in [0.25, 0.3) is 6.08 Å². The molecule has 1 aromatic rings. The average Bonchev–Trinajstić information content (AvgIpc) is 2.25. The second-order valence-electron chi connectivity index (χ2n) is 3.29. The molecule has 1 rings (SSSR count). The van der Waals surface area contributed by atoms with E-state index in [9.17, 15) is 0 Å². The van der Waals surface area contributed by atoms with E-state index >= 15 is 0 Å². The first-order valence-corrected chi connectivity index (χ1v) is 5.29. The first-order chi connectivity index (χ1) is 6.86. The fourth-order valence-corrected chi connectivity index (χ4v) is 1.30. The molecular formula is C14H18. The number of allylic oxidation sites excluding steroid dienone is 3. The molecule has 0 nitrogen and oxygen atoms in total. The second kappa shape index (κ2) is 6.20. The Morgan fingerprint density at radius 3 is 2.43 bits per heavy atom. The monoisotopic (exact) mass is 186 g/mol. The third-order valence-electron chi connectivity index (χ3n) is 2.13. The molecule has 0 aromatic heterocycles. The summed E-state index contributed by atoms with van der Waals surface area (Å²) < 4.78 is 0. The predicted molar refractivity (Wildman–Crippen MR) is 64.1 cm³/mol. The van der Waals surface area contributed by atoms with Gasteiger partial charge < -0.3 is 0 Å². The summed E-state index contributed by atoms with van der Waals surface area (Å²) in [6.45, 7) is 4.35. The minimum Gasteiger partial charge on any atom is -0.0845 e. The molecule has 0 heterocycles. The maximum atomic E-state index is 2.24. The summed E-state index contributed by atoms with van der Waals surface area (Å²) in [6, 6.07) is 10.5. The normalized spacial score (nSPS) is 12.3. The molecule has 0 N–H and O–H groups in total. The van der Waals surface area contributed by atoms with E-state index in [2.05, 4.69) is 56.3 Å². The van der Waals surface area contributed by atoms with Crippen LogP contribution in [-0.2, 0) is 0 Å². The van der Waals surface area contributed by atoms with E-state index in [-0.39, 0.29) is 0 Å². The molecule has 74 valence electrons. The van der Waals surface area contributed by atoms with Gasteiger partial charge in [-0.1, -0.05) is 62.4 Å². The standard InChI is InChI=1S/C14H18/c1-3-5-9-13(4-2)12-14-10-7-6-8-11-14/h5-12H,3-4H2,1-2H3. The van der Waals surface area contributed by atoms with Gasteiger partial charge in [0.25, 0.3) is 0 Å². The Hall–Kier alpha value is -1.30. The Morgan fingerprint density at radius 2 is 1.86 bits per heavy atom. The van der Waals surface area contributed by atoms with E-state index in [4.69, 9.17) is 0 Å². The predicted octanol–water partition coefficient (Wildman–Crippen LogP) is 4.45. The highest BCUT2D eigenvalue weighted by Gasteiger charge is 1.89. The van der Waals surface area contributed by atoms with Gasteiger partial charge in [-0.3, -0.25) is 0 Å². The average molecular weight is 186 g/mol. The lowest BCUT2D eigenvalue weighted by Gasteiger charge is -1.97. The van der Waals surface area contributed by atoms with Crippen LogP contribution in [-0.4, -0.2) is 0 Å². The largest absolute Gasteiger partial charge is 0.0845 e. The van der Waals surface area contributed by atoms with Gasteiger partial charge in [0, 0.05) is 0 Å². The highest BCUT2D eigenvalue weighted by molar-refractivity contribution is 5.55. The Balaban J connectivity index is 2.79. The van der Waals surface area contributed by atoms with Gasteiger partial charge in [0.1, 0.15) is 0 Å². The van der Waals surface area contributed by atoms with Crippen molar-refractivity contribution in [3.05, 3.63) is 53.6 Å². The first-order valence-electron chi connectivity index (χ1n) is 5.29. The first kappa shape index (κ1) is 10.8. The van der Waals surface area contributed by atoms with Crippen LogP contribution in [0.5, 0.6) is 0 Å². The molecule has 0 amide bonds. The van der Waals surface area contributed by atoms with E-state index in [0.717, 1.165) is 12.8 Å². The van der Waals surface area contributed by atoms with Gasteiger partial charge in [-0.25, -0.2) is 0 Å². The highest BCUT2D eigenvalue weighted by Crippen LogP contribution is 2.10. The minimum atomic E-state index is 1.09. The van der Waals surface area contributed by atoms with E-state index in [1.807, 2.05) is 6.07 Å². The van der Waals surface area contributed by atoms with Crippen molar-refractivity contribution in [2.45, 2.75) is 26.7 Å². The zero-order valence-corrected chi connectivity index (χ0v) is 9.03. The van der Waals surface area contributed by atoms with Crippen LogP contribution >= 0.6 is 0 Å². The Bertz CT molecular complexity index is 304. The van der Waals surface area contributed by atoms with Crippen molar-refractivity contribution in [2.75, 3.05) is 0 Å². The fraction of sp³-hybridized carbons (Fsp3) is 0.286. The topological polar surface area (TPSA) is 0 Å².